The van der Waals surface area contributed by atoms with Crippen LogP contribution in [0, 0.1) is 5.82 Å². The number of halogens is 2. The number of nitrogens with one attached hydrogen (secondary N) is 2. The van der Waals surface area contributed by atoms with Crippen LogP contribution in [0.3, 0.4) is 0 Å². The van der Waals surface area contributed by atoms with Crippen LogP contribution in [0.1, 0.15) is 16.7 Å². The molecule has 0 bridgehead atoms. The van der Waals surface area contributed by atoms with Gasteiger partial charge in [0, 0.05) is 28.3 Å². The second kappa shape index (κ2) is 11.5. The van der Waals surface area contributed by atoms with Crippen LogP contribution in [-0.2, 0) is 16.0 Å². The van der Waals surface area contributed by atoms with Crippen LogP contribution in [0.4, 0.5) is 10.2 Å². The number of carbonyl (C=O) groups is 2. The number of aromatic nitrogens is 2. The molecule has 5 rings (SSSR count). The predicted octanol–water partition coefficient (Wildman–Crippen LogP) is 5.94. The van der Waals surface area contributed by atoms with Gasteiger partial charge < -0.3 is 25.9 Å². The van der Waals surface area contributed by atoms with Crippen molar-refractivity contribution >= 4 is 51.9 Å². The van der Waals surface area contributed by atoms with Gasteiger partial charge in [0.25, 0.3) is 0 Å². The van der Waals surface area contributed by atoms with Gasteiger partial charge in [0.2, 0.25) is 11.8 Å². The molecule has 206 valence electrons. The van der Waals surface area contributed by atoms with Crippen LogP contribution in [0.2, 0.25) is 5.02 Å². The number of anilines is 1. The molecule has 2 amide bonds. The maximum atomic E-state index is 13.8. The van der Waals surface area contributed by atoms with Crippen molar-refractivity contribution in [3.8, 4) is 22.6 Å². The lowest BCUT2D eigenvalue weighted by molar-refractivity contribution is -0.115. The van der Waals surface area contributed by atoms with Crippen molar-refractivity contribution in [2.24, 2.45) is 5.73 Å². The van der Waals surface area contributed by atoms with E-state index in [1.807, 2.05) is 12.1 Å². The van der Waals surface area contributed by atoms with E-state index in [0.29, 0.717) is 39.3 Å². The Hall–Kier alpha value is -5.15. The third-order valence-corrected chi connectivity index (χ3v) is 6.76. The summed E-state index contributed by atoms with van der Waals surface area (Å²) < 4.78 is 19.1. The molecule has 0 saturated carbocycles. The monoisotopic (exact) mass is 570 g/mol. The van der Waals surface area contributed by atoms with Gasteiger partial charge in [0.1, 0.15) is 28.8 Å². The zero-order valence-electron chi connectivity index (χ0n) is 21.7. The molecule has 41 heavy (non-hydrogen) atoms. The molecule has 0 atom stereocenters. The van der Waals surface area contributed by atoms with Gasteiger partial charge in [-0.05, 0) is 65.2 Å². The second-order valence-corrected chi connectivity index (χ2v) is 9.60. The summed E-state index contributed by atoms with van der Waals surface area (Å²) in [6.45, 7) is 0. The number of aromatic hydroxyl groups is 1. The Morgan fingerprint density at radius 3 is 2.59 bits per heavy atom. The molecule has 0 unspecified atom stereocenters. The molecule has 0 fully saturated rings. The van der Waals surface area contributed by atoms with E-state index in [0.717, 1.165) is 11.1 Å². The van der Waals surface area contributed by atoms with Crippen molar-refractivity contribution in [1.82, 2.24) is 9.97 Å². The van der Waals surface area contributed by atoms with Gasteiger partial charge in [-0.25, -0.2) is 9.37 Å². The van der Waals surface area contributed by atoms with Crippen molar-refractivity contribution in [2.45, 2.75) is 6.42 Å². The molecule has 5 aromatic rings. The second-order valence-electron chi connectivity index (χ2n) is 9.19. The normalized spacial score (nSPS) is 11.4. The molecule has 5 N–H and O–H groups in total. The molecule has 0 spiro atoms. The largest absolute Gasteiger partial charge is 0.506 e. The molecule has 0 aliphatic heterocycles. The number of fused-ring (bicyclic) bond motifs is 1. The van der Waals surface area contributed by atoms with Gasteiger partial charge in [0.15, 0.2) is 0 Å². The highest BCUT2D eigenvalue weighted by Crippen LogP contribution is 2.31. The number of hydrogen-bond donors (Lipinski definition) is 4. The Morgan fingerprint density at radius 1 is 1.10 bits per heavy atom. The summed E-state index contributed by atoms with van der Waals surface area (Å²) >= 11 is 6.00. The van der Waals surface area contributed by atoms with E-state index in [4.69, 9.17) is 22.1 Å². The molecule has 2 aromatic heterocycles. The SMILES string of the molecule is COc1ccc(F)cc1-c1ccc(CC(=O)Nc2ccc3c(C=C(C(N)=O)c4ccc(O)c(Cl)c4)c[nH]c3n2)cc1. The number of nitrogens with two attached hydrogens (primary N) is 1. The number of phenolic OH excluding ortho intramolecular Hbond substituents is 1. The molecule has 0 aliphatic rings. The third kappa shape index (κ3) is 6.05. The lowest BCUT2D eigenvalue weighted by Gasteiger charge is -2.10. The zero-order valence-corrected chi connectivity index (χ0v) is 22.5. The van der Waals surface area contributed by atoms with E-state index < -0.39 is 5.91 Å². The number of phenols is 1. The summed E-state index contributed by atoms with van der Waals surface area (Å²) in [6, 6.07) is 19.4. The van der Waals surface area contributed by atoms with E-state index >= 15 is 0 Å². The number of aromatic amines is 1. The van der Waals surface area contributed by atoms with Crippen molar-refractivity contribution in [3.05, 3.63) is 107 Å². The number of pyridine rings is 1. The van der Waals surface area contributed by atoms with Crippen molar-refractivity contribution in [2.75, 3.05) is 12.4 Å². The minimum absolute atomic E-state index is 0.0957. The topological polar surface area (TPSA) is 130 Å². The molecule has 0 saturated heterocycles. The van der Waals surface area contributed by atoms with Crippen LogP contribution in [0.25, 0.3) is 33.8 Å². The van der Waals surface area contributed by atoms with Crippen LogP contribution in [0.15, 0.2) is 79.0 Å². The fourth-order valence-electron chi connectivity index (χ4n) is 4.42. The predicted molar refractivity (Wildman–Crippen MR) is 157 cm³/mol. The smallest absolute Gasteiger partial charge is 0.249 e. The summed E-state index contributed by atoms with van der Waals surface area (Å²) in [7, 11) is 1.53. The molecular formula is C31H24ClFN4O4. The number of rotatable bonds is 8. The number of H-pyrrole nitrogens is 1. The number of nitrogens with zero attached hydrogens (tertiary/aromatic N) is 1. The minimum Gasteiger partial charge on any atom is -0.506 e. The van der Waals surface area contributed by atoms with Crippen LogP contribution in [-0.4, -0.2) is 34.0 Å². The molecule has 0 radical (unpaired) electrons. The number of benzene rings is 3. The zero-order chi connectivity index (χ0) is 29.1. The number of carbonyl (C=O) groups excluding carboxylic acids is 2. The Labute approximate surface area is 239 Å². The Balaban J connectivity index is 1.30. The first-order chi connectivity index (χ1) is 19.7. The molecule has 10 heteroatoms. The number of ether oxygens (including phenoxy) is 1. The number of methoxy groups -OCH3 is 1. The molecule has 8 nitrogen and oxygen atoms in total. The van der Waals surface area contributed by atoms with E-state index in [9.17, 15) is 19.1 Å². The highest BCUT2D eigenvalue weighted by molar-refractivity contribution is 6.33. The number of hydrogen-bond acceptors (Lipinski definition) is 5. The summed E-state index contributed by atoms with van der Waals surface area (Å²) in [5.74, 6) is -0.500. The maximum absolute atomic E-state index is 13.8. The molecule has 2 heterocycles. The van der Waals surface area contributed by atoms with Gasteiger partial charge in [-0.1, -0.05) is 41.9 Å². The summed E-state index contributed by atoms with van der Waals surface area (Å²) in [5, 5.41) is 13.3. The maximum Gasteiger partial charge on any atom is 0.249 e. The van der Waals surface area contributed by atoms with E-state index in [-0.39, 0.29) is 34.5 Å². The van der Waals surface area contributed by atoms with Gasteiger partial charge in [-0.15, -0.1) is 0 Å². The molecular weight excluding hydrogens is 547 g/mol. The lowest BCUT2D eigenvalue weighted by Crippen LogP contribution is -2.15. The fraction of sp³-hybridized carbons (Fsp3) is 0.0645. The van der Waals surface area contributed by atoms with Crippen LogP contribution in [0.5, 0.6) is 11.5 Å². The van der Waals surface area contributed by atoms with Gasteiger partial charge in [-0.2, -0.15) is 0 Å². The summed E-state index contributed by atoms with van der Waals surface area (Å²) in [6.07, 6.45) is 3.38. The third-order valence-electron chi connectivity index (χ3n) is 6.45. The van der Waals surface area contributed by atoms with Crippen molar-refractivity contribution in [3.63, 3.8) is 0 Å². The minimum atomic E-state index is -0.666. The Bertz CT molecular complexity index is 1820. The quantitative estimate of drug-likeness (QED) is 0.171. The van der Waals surface area contributed by atoms with Crippen LogP contribution < -0.4 is 15.8 Å². The average molecular weight is 571 g/mol. The molecule has 3 aromatic carbocycles. The highest BCUT2D eigenvalue weighted by atomic mass is 35.5. The first-order valence-electron chi connectivity index (χ1n) is 12.4. The van der Waals surface area contributed by atoms with Gasteiger partial charge in [0.05, 0.1) is 18.6 Å². The Kier molecular flexibility index (Phi) is 7.71. The summed E-state index contributed by atoms with van der Waals surface area (Å²) in [5.41, 5.74) is 9.56. The Morgan fingerprint density at radius 2 is 1.88 bits per heavy atom. The molecule has 0 aliphatic carbocycles. The number of amides is 2. The van der Waals surface area contributed by atoms with Crippen LogP contribution >= 0.6 is 11.6 Å². The fourth-order valence-corrected chi connectivity index (χ4v) is 4.60. The number of primary amides is 1. The lowest BCUT2D eigenvalue weighted by atomic mass is 10.0. The van der Waals surface area contributed by atoms with E-state index in [1.54, 1.807) is 48.7 Å². The van der Waals surface area contributed by atoms with Crippen molar-refractivity contribution in [1.29, 1.82) is 0 Å². The van der Waals surface area contributed by atoms with Crippen molar-refractivity contribution < 1.29 is 23.8 Å². The van der Waals surface area contributed by atoms with Gasteiger partial charge >= 0.3 is 0 Å². The first kappa shape index (κ1) is 27.4. The first-order valence-corrected chi connectivity index (χ1v) is 12.8. The van der Waals surface area contributed by atoms with Gasteiger partial charge in [-0.3, -0.25) is 9.59 Å². The van der Waals surface area contributed by atoms with E-state index in [1.165, 1.54) is 31.4 Å². The van der Waals surface area contributed by atoms with E-state index in [2.05, 4.69) is 15.3 Å². The average Bonchev–Trinajstić information content (AvgIpc) is 3.35. The standard InChI is InChI=1S/C31H24ClFN4O4/c1-41-27-10-7-21(33)15-23(27)18-4-2-17(3-5-18)12-29(39)36-28-11-8-22-20(16-35-31(22)37-28)13-24(30(34)40)19-6-9-26(38)25(32)14-19/h2-11,13-16,38H,12H2,1H3,(H2,34,40)(H2,35,36,37,39). The highest BCUT2D eigenvalue weighted by Gasteiger charge is 2.14. The summed E-state index contributed by atoms with van der Waals surface area (Å²) in [4.78, 5) is 32.4.